The van der Waals surface area contributed by atoms with Gasteiger partial charge >= 0.3 is 0 Å². The monoisotopic (exact) mass is 459 g/mol. The number of rotatable bonds is 27. The lowest BCUT2D eigenvalue weighted by atomic mass is 10.1. The summed E-state index contributed by atoms with van der Waals surface area (Å²) >= 11 is 0. The molecular weight excluding hydrogens is 398 g/mol. The van der Waals surface area contributed by atoms with Gasteiger partial charge in [0.1, 0.15) is 0 Å². The Hall–Kier alpha value is 0.860. The summed E-state index contributed by atoms with van der Waals surface area (Å²) < 4.78 is 0. The fourth-order valence-electron chi connectivity index (χ4n) is 4.36. The summed E-state index contributed by atoms with van der Waals surface area (Å²) in [6.45, 7) is 4.61. The number of hydrogen-bond acceptors (Lipinski definition) is 0. The molecule has 0 aliphatic heterocycles. The van der Waals surface area contributed by atoms with E-state index in [0.717, 1.165) is 8.27 Å². The molecular formula is C28H61P2+. The van der Waals surface area contributed by atoms with Crippen LogP contribution in [0.2, 0.25) is 0 Å². The van der Waals surface area contributed by atoms with Gasteiger partial charge in [-0.1, -0.05) is 149 Å². The molecule has 0 aliphatic rings. The van der Waals surface area contributed by atoms with E-state index >= 15 is 0 Å². The molecule has 0 rings (SSSR count). The molecule has 0 saturated heterocycles. The van der Waals surface area contributed by atoms with Crippen molar-refractivity contribution in [2.24, 2.45) is 0 Å². The normalized spacial score (nSPS) is 12.2. The van der Waals surface area contributed by atoms with Gasteiger partial charge < -0.3 is 0 Å². The lowest BCUT2D eigenvalue weighted by Crippen LogP contribution is -1.84. The van der Waals surface area contributed by atoms with Crippen LogP contribution in [0.1, 0.15) is 168 Å². The molecule has 0 saturated carbocycles. The van der Waals surface area contributed by atoms with Crippen molar-refractivity contribution in [1.29, 1.82) is 0 Å². The van der Waals surface area contributed by atoms with Gasteiger partial charge in [-0.25, -0.2) is 0 Å². The first-order valence-electron chi connectivity index (χ1n) is 14.5. The zero-order valence-electron chi connectivity index (χ0n) is 21.5. The SMILES string of the molecule is CCCCCCCCCCCCCCP[PH2+]CCCCCCCCCCCCCC. The second-order valence-electron chi connectivity index (χ2n) is 9.73. The van der Waals surface area contributed by atoms with Crippen molar-refractivity contribution in [2.45, 2.75) is 168 Å². The van der Waals surface area contributed by atoms with Crippen LogP contribution in [0.5, 0.6) is 0 Å². The third-order valence-electron chi connectivity index (χ3n) is 6.52. The molecule has 0 nitrogen and oxygen atoms in total. The molecule has 0 aromatic carbocycles. The Morgan fingerprint density at radius 1 is 0.367 bits per heavy atom. The van der Waals surface area contributed by atoms with Gasteiger partial charge in [0, 0.05) is 16.5 Å². The maximum absolute atomic E-state index is 2.31. The predicted octanol–water partition coefficient (Wildman–Crippen LogP) is 11.4. The van der Waals surface area contributed by atoms with Crippen molar-refractivity contribution in [3.63, 3.8) is 0 Å². The molecule has 30 heavy (non-hydrogen) atoms. The molecule has 2 atom stereocenters. The molecule has 0 amide bonds. The zero-order chi connectivity index (χ0) is 21.8. The summed E-state index contributed by atoms with van der Waals surface area (Å²) in [4.78, 5) is 0. The topological polar surface area (TPSA) is 0 Å². The molecule has 0 aliphatic carbocycles. The van der Waals surface area contributed by atoms with Crippen molar-refractivity contribution < 1.29 is 0 Å². The van der Waals surface area contributed by atoms with Crippen LogP contribution in [-0.4, -0.2) is 12.3 Å². The number of unbranched alkanes of at least 4 members (excludes halogenated alkanes) is 22. The van der Waals surface area contributed by atoms with Crippen LogP contribution in [0, 0.1) is 0 Å². The Morgan fingerprint density at radius 2 is 0.667 bits per heavy atom. The van der Waals surface area contributed by atoms with Gasteiger partial charge in [-0.15, -0.1) is 0 Å². The highest BCUT2D eigenvalue weighted by molar-refractivity contribution is 8.11. The molecule has 0 heterocycles. The first kappa shape index (κ1) is 30.9. The van der Waals surface area contributed by atoms with E-state index in [-0.39, 0.29) is 0 Å². The maximum Gasteiger partial charge on any atom is 0.0569 e. The molecule has 0 N–H and O–H groups in total. The maximum atomic E-state index is 2.31. The second-order valence-corrected chi connectivity index (χ2v) is 14.1. The van der Waals surface area contributed by atoms with E-state index in [1.165, 1.54) is 162 Å². The molecule has 0 fully saturated rings. The number of hydrogen-bond donors (Lipinski definition) is 0. The van der Waals surface area contributed by atoms with E-state index in [1.807, 2.05) is 0 Å². The quantitative estimate of drug-likeness (QED) is 0.0846. The van der Waals surface area contributed by atoms with Crippen molar-refractivity contribution in [3.05, 3.63) is 0 Å². The highest BCUT2D eigenvalue weighted by atomic mass is 32.0. The Balaban J connectivity index is 2.97. The Morgan fingerprint density at radius 3 is 1.03 bits per heavy atom. The lowest BCUT2D eigenvalue weighted by molar-refractivity contribution is 0.548. The van der Waals surface area contributed by atoms with Gasteiger partial charge in [-0.05, 0) is 25.4 Å². The fraction of sp³-hybridized carbons (Fsp3) is 1.00. The van der Waals surface area contributed by atoms with Crippen LogP contribution < -0.4 is 0 Å². The van der Waals surface area contributed by atoms with Crippen LogP contribution in [0.4, 0.5) is 0 Å². The zero-order valence-corrected chi connectivity index (χ0v) is 23.6. The van der Waals surface area contributed by atoms with Gasteiger partial charge in [0.15, 0.2) is 0 Å². The molecule has 0 spiro atoms. The van der Waals surface area contributed by atoms with Gasteiger partial charge in [0.2, 0.25) is 0 Å². The summed E-state index contributed by atoms with van der Waals surface area (Å²) in [7, 11) is 2.14. The molecule has 2 heteroatoms. The minimum Gasteiger partial charge on any atom is -0.0654 e. The highest BCUT2D eigenvalue weighted by Crippen LogP contribution is 2.38. The first-order chi connectivity index (χ1) is 14.9. The molecule has 0 radical (unpaired) electrons. The summed E-state index contributed by atoms with van der Waals surface area (Å²) in [5, 5.41) is 0. The van der Waals surface area contributed by atoms with Crippen LogP contribution in [0.15, 0.2) is 0 Å². The Labute approximate surface area is 196 Å². The molecule has 2 unspecified atom stereocenters. The van der Waals surface area contributed by atoms with Gasteiger partial charge in [0.05, 0.1) is 6.16 Å². The van der Waals surface area contributed by atoms with E-state index in [1.54, 1.807) is 12.3 Å². The van der Waals surface area contributed by atoms with Gasteiger partial charge in [-0.2, -0.15) is 0 Å². The van der Waals surface area contributed by atoms with E-state index < -0.39 is 0 Å². The smallest absolute Gasteiger partial charge is 0.0569 e. The average molecular weight is 460 g/mol. The lowest BCUT2D eigenvalue weighted by Gasteiger charge is -2.03. The second kappa shape index (κ2) is 29.9. The standard InChI is InChI=1S/C28H60P2/c1-3-5-7-9-11-13-15-17-19-21-23-25-27-29-30-28-26-24-22-20-18-16-14-12-10-8-6-4-2/h29-30H,3-28H2,1-2H3/p+1. The molecule has 182 valence electrons. The van der Waals surface area contributed by atoms with Crippen molar-refractivity contribution >= 4 is 16.5 Å². The van der Waals surface area contributed by atoms with E-state index in [2.05, 4.69) is 13.8 Å². The molecule has 0 aromatic rings. The van der Waals surface area contributed by atoms with Crippen molar-refractivity contribution in [1.82, 2.24) is 0 Å². The Kier molecular flexibility index (Phi) is 30.7. The molecule has 0 aromatic heterocycles. The Bertz CT molecular complexity index is 252. The fourth-order valence-corrected chi connectivity index (χ4v) is 8.16. The molecule has 0 bridgehead atoms. The van der Waals surface area contributed by atoms with Crippen molar-refractivity contribution in [3.8, 4) is 0 Å². The summed E-state index contributed by atoms with van der Waals surface area (Å²) in [5.41, 5.74) is 0. The van der Waals surface area contributed by atoms with Crippen LogP contribution >= 0.6 is 16.5 Å². The van der Waals surface area contributed by atoms with E-state index in [4.69, 9.17) is 0 Å². The summed E-state index contributed by atoms with van der Waals surface area (Å²) in [5.74, 6) is 0. The van der Waals surface area contributed by atoms with Gasteiger partial charge in [0.25, 0.3) is 0 Å². The summed E-state index contributed by atoms with van der Waals surface area (Å²) in [6.07, 6.45) is 38.8. The average Bonchev–Trinajstić information content (AvgIpc) is 2.76. The van der Waals surface area contributed by atoms with Crippen LogP contribution in [0.3, 0.4) is 0 Å². The summed E-state index contributed by atoms with van der Waals surface area (Å²) in [6, 6.07) is 0. The van der Waals surface area contributed by atoms with E-state index in [9.17, 15) is 0 Å². The highest BCUT2D eigenvalue weighted by Gasteiger charge is 1.99. The minimum atomic E-state index is 0.802. The largest absolute Gasteiger partial charge is 0.0654 e. The third-order valence-corrected chi connectivity index (χ3v) is 10.7. The third kappa shape index (κ3) is 28.9. The predicted molar refractivity (Wildman–Crippen MR) is 150 cm³/mol. The van der Waals surface area contributed by atoms with E-state index in [0.29, 0.717) is 0 Å². The van der Waals surface area contributed by atoms with Crippen LogP contribution in [-0.2, 0) is 0 Å². The first-order valence-corrected chi connectivity index (χ1v) is 18.3. The van der Waals surface area contributed by atoms with Gasteiger partial charge in [-0.3, -0.25) is 0 Å². The minimum absolute atomic E-state index is 0.802. The van der Waals surface area contributed by atoms with Crippen molar-refractivity contribution in [2.75, 3.05) is 12.3 Å². The van der Waals surface area contributed by atoms with Crippen LogP contribution in [0.25, 0.3) is 0 Å².